The van der Waals surface area contributed by atoms with Gasteiger partial charge in [0, 0.05) is 44.0 Å². The summed E-state index contributed by atoms with van der Waals surface area (Å²) in [6.07, 6.45) is 5.82. The van der Waals surface area contributed by atoms with E-state index in [1.54, 1.807) is 4.90 Å². The molecule has 1 amide bonds. The maximum absolute atomic E-state index is 13.5. The monoisotopic (exact) mass is 324 g/mol. The molecule has 1 saturated heterocycles. The molecule has 2 atom stereocenters. The van der Waals surface area contributed by atoms with Gasteiger partial charge >= 0.3 is 0 Å². The zero-order valence-corrected chi connectivity index (χ0v) is 13.1. The van der Waals surface area contributed by atoms with Crippen LogP contribution in [0.4, 0.5) is 8.78 Å². The Morgan fingerprint density at radius 3 is 2.83 bits per heavy atom. The van der Waals surface area contributed by atoms with Gasteiger partial charge in [-0.25, -0.2) is 13.5 Å². The second kappa shape index (κ2) is 5.53. The van der Waals surface area contributed by atoms with Gasteiger partial charge < -0.3 is 4.90 Å². The van der Waals surface area contributed by atoms with Crippen LogP contribution < -0.4 is 0 Å². The maximum Gasteiger partial charge on any atom is 0.248 e. The van der Waals surface area contributed by atoms with Crippen molar-refractivity contribution in [3.63, 3.8) is 0 Å². The fourth-order valence-corrected chi connectivity index (χ4v) is 3.84. The summed E-state index contributed by atoms with van der Waals surface area (Å²) in [6.45, 7) is 1.23. The van der Waals surface area contributed by atoms with Crippen molar-refractivity contribution in [1.82, 2.24) is 19.9 Å². The molecule has 7 heteroatoms. The smallest absolute Gasteiger partial charge is 0.248 e. The van der Waals surface area contributed by atoms with Crippen molar-refractivity contribution in [2.45, 2.75) is 62.8 Å². The second-order valence-electron chi connectivity index (χ2n) is 7.27. The number of amides is 1. The number of rotatable bonds is 3. The van der Waals surface area contributed by atoms with E-state index in [9.17, 15) is 13.6 Å². The standard InChI is InChI=1S/C16H22F2N4O/c17-16(18)6-1-2-11(8-16)15(23)21-7-5-12(9-21)14-10-22(20-19-14)13-3-4-13/h10-13H,1-9H2. The number of carbonyl (C=O) groups excluding carboxylic acids is 1. The summed E-state index contributed by atoms with van der Waals surface area (Å²) in [4.78, 5) is 14.3. The molecule has 3 fully saturated rings. The fourth-order valence-electron chi connectivity index (χ4n) is 3.84. The average Bonchev–Trinajstić information content (AvgIpc) is 3.06. The Hall–Kier alpha value is -1.53. The molecule has 1 aromatic rings. The zero-order chi connectivity index (χ0) is 16.0. The van der Waals surface area contributed by atoms with Crippen molar-refractivity contribution >= 4 is 5.91 Å². The number of hydrogen-bond donors (Lipinski definition) is 0. The van der Waals surface area contributed by atoms with Crippen LogP contribution in [0, 0.1) is 5.92 Å². The van der Waals surface area contributed by atoms with Gasteiger partial charge in [-0.15, -0.1) is 5.10 Å². The first-order valence-electron chi connectivity index (χ1n) is 8.60. The Morgan fingerprint density at radius 1 is 1.26 bits per heavy atom. The number of likely N-dealkylation sites (tertiary alicyclic amines) is 1. The van der Waals surface area contributed by atoms with Crippen LogP contribution in [0.2, 0.25) is 0 Å². The number of hydrogen-bond acceptors (Lipinski definition) is 3. The highest BCUT2D eigenvalue weighted by molar-refractivity contribution is 5.79. The summed E-state index contributed by atoms with van der Waals surface area (Å²) in [6, 6.07) is 0.500. The van der Waals surface area contributed by atoms with Gasteiger partial charge in [0.15, 0.2) is 0 Å². The predicted octanol–water partition coefficient (Wildman–Crippen LogP) is 2.75. The van der Waals surface area contributed by atoms with Gasteiger partial charge in [-0.05, 0) is 32.1 Å². The molecule has 2 heterocycles. The summed E-state index contributed by atoms with van der Waals surface area (Å²) in [7, 11) is 0. The third kappa shape index (κ3) is 3.10. The van der Waals surface area contributed by atoms with Gasteiger partial charge in [0.2, 0.25) is 11.8 Å². The van der Waals surface area contributed by atoms with Crippen LogP contribution in [0.15, 0.2) is 6.20 Å². The van der Waals surface area contributed by atoms with Gasteiger partial charge in [-0.1, -0.05) is 5.21 Å². The minimum absolute atomic E-state index is 0.0797. The highest BCUT2D eigenvalue weighted by atomic mass is 19.3. The molecular formula is C16H22F2N4O. The molecule has 1 aliphatic heterocycles. The second-order valence-corrected chi connectivity index (χ2v) is 7.27. The third-order valence-corrected chi connectivity index (χ3v) is 5.36. The Morgan fingerprint density at radius 2 is 2.09 bits per heavy atom. The van der Waals surface area contributed by atoms with E-state index in [4.69, 9.17) is 0 Å². The van der Waals surface area contributed by atoms with Crippen LogP contribution in [-0.4, -0.2) is 44.8 Å². The molecule has 23 heavy (non-hydrogen) atoms. The van der Waals surface area contributed by atoms with Crippen molar-refractivity contribution in [1.29, 1.82) is 0 Å². The van der Waals surface area contributed by atoms with Gasteiger partial charge in [-0.3, -0.25) is 4.79 Å². The van der Waals surface area contributed by atoms with E-state index >= 15 is 0 Å². The van der Waals surface area contributed by atoms with E-state index in [1.165, 1.54) is 0 Å². The average molecular weight is 324 g/mol. The minimum Gasteiger partial charge on any atom is -0.342 e. The predicted molar refractivity (Wildman–Crippen MR) is 79.1 cm³/mol. The van der Waals surface area contributed by atoms with E-state index in [-0.39, 0.29) is 24.7 Å². The van der Waals surface area contributed by atoms with Crippen LogP contribution >= 0.6 is 0 Å². The largest absolute Gasteiger partial charge is 0.342 e. The Bertz CT molecular complexity index is 599. The van der Waals surface area contributed by atoms with Crippen molar-refractivity contribution in [3.8, 4) is 0 Å². The number of halogens is 2. The van der Waals surface area contributed by atoms with Gasteiger partial charge in [0.05, 0.1) is 11.7 Å². The van der Waals surface area contributed by atoms with Gasteiger partial charge in [0.25, 0.3) is 0 Å². The molecule has 5 nitrogen and oxygen atoms in total. The number of aromatic nitrogens is 3. The molecule has 0 N–H and O–H groups in total. The van der Waals surface area contributed by atoms with E-state index in [1.807, 2.05) is 10.9 Å². The quantitative estimate of drug-likeness (QED) is 0.859. The number of nitrogens with zero attached hydrogens (tertiary/aromatic N) is 4. The zero-order valence-electron chi connectivity index (χ0n) is 13.1. The molecule has 2 unspecified atom stereocenters. The molecule has 1 aromatic heterocycles. The first-order chi connectivity index (χ1) is 11.0. The molecule has 0 aromatic carbocycles. The lowest BCUT2D eigenvalue weighted by molar-refractivity contribution is -0.141. The lowest BCUT2D eigenvalue weighted by atomic mass is 9.85. The van der Waals surface area contributed by atoms with E-state index in [0.29, 0.717) is 32.0 Å². The third-order valence-electron chi connectivity index (χ3n) is 5.36. The Kier molecular flexibility index (Phi) is 3.61. The summed E-state index contributed by atoms with van der Waals surface area (Å²) in [5.41, 5.74) is 0.932. The van der Waals surface area contributed by atoms with Crippen LogP contribution in [0.1, 0.15) is 62.6 Å². The highest BCUT2D eigenvalue weighted by Gasteiger charge is 2.42. The molecule has 126 valence electrons. The van der Waals surface area contributed by atoms with Crippen molar-refractivity contribution in [3.05, 3.63) is 11.9 Å². The topological polar surface area (TPSA) is 51.0 Å². The van der Waals surface area contributed by atoms with E-state index in [0.717, 1.165) is 25.0 Å². The molecule has 4 rings (SSSR count). The summed E-state index contributed by atoms with van der Waals surface area (Å²) < 4.78 is 29.0. The normalized spacial score (nSPS) is 30.6. The lowest BCUT2D eigenvalue weighted by Gasteiger charge is -2.30. The van der Waals surface area contributed by atoms with Crippen molar-refractivity contribution < 1.29 is 13.6 Å². The maximum atomic E-state index is 13.5. The molecule has 0 bridgehead atoms. The Labute approximate surface area is 134 Å². The fraction of sp³-hybridized carbons (Fsp3) is 0.812. The summed E-state index contributed by atoms with van der Waals surface area (Å²) >= 11 is 0. The van der Waals surface area contributed by atoms with Crippen LogP contribution in [-0.2, 0) is 4.79 Å². The molecule has 2 saturated carbocycles. The van der Waals surface area contributed by atoms with E-state index < -0.39 is 11.8 Å². The summed E-state index contributed by atoms with van der Waals surface area (Å²) in [5, 5.41) is 8.41. The SMILES string of the molecule is O=C(C1CCCC(F)(F)C1)N1CCC(c2cn(C3CC3)nn2)C1. The molecule has 0 spiro atoms. The van der Waals surface area contributed by atoms with E-state index in [2.05, 4.69) is 10.3 Å². The number of carbonyl (C=O) groups is 1. The molecular weight excluding hydrogens is 302 g/mol. The number of alkyl halides is 2. The Balaban J connectivity index is 1.38. The first-order valence-corrected chi connectivity index (χ1v) is 8.60. The lowest BCUT2D eigenvalue weighted by Crippen LogP contribution is -2.39. The highest BCUT2D eigenvalue weighted by Crippen LogP contribution is 2.39. The van der Waals surface area contributed by atoms with Gasteiger partial charge in [0.1, 0.15) is 0 Å². The van der Waals surface area contributed by atoms with Crippen molar-refractivity contribution in [2.24, 2.45) is 5.92 Å². The summed E-state index contributed by atoms with van der Waals surface area (Å²) in [5.74, 6) is -3.10. The van der Waals surface area contributed by atoms with Crippen molar-refractivity contribution in [2.75, 3.05) is 13.1 Å². The molecule has 3 aliphatic rings. The van der Waals surface area contributed by atoms with Crippen LogP contribution in [0.3, 0.4) is 0 Å². The first kappa shape index (κ1) is 15.0. The minimum atomic E-state index is -2.68. The van der Waals surface area contributed by atoms with Gasteiger partial charge in [-0.2, -0.15) is 0 Å². The van der Waals surface area contributed by atoms with Crippen LogP contribution in [0.5, 0.6) is 0 Å². The van der Waals surface area contributed by atoms with Crippen LogP contribution in [0.25, 0.3) is 0 Å². The molecule has 0 radical (unpaired) electrons. The molecule has 2 aliphatic carbocycles.